The van der Waals surface area contributed by atoms with Crippen LogP contribution in [0, 0.1) is 11.3 Å². The van der Waals surface area contributed by atoms with Crippen LogP contribution in [-0.2, 0) is 11.0 Å². The second-order valence-corrected chi connectivity index (χ2v) is 4.40. The van der Waals surface area contributed by atoms with Crippen LogP contribution in [0.2, 0.25) is 0 Å². The van der Waals surface area contributed by atoms with E-state index < -0.39 is 39.9 Å². The van der Waals surface area contributed by atoms with Crippen LogP contribution in [0.15, 0.2) is 21.7 Å². The number of aromatic amines is 1. The molecule has 0 bridgehead atoms. The highest BCUT2D eigenvalue weighted by molar-refractivity contribution is 5.79. The number of halogens is 3. The summed E-state index contributed by atoms with van der Waals surface area (Å²) in [5.74, 6) is -0.877. The molecule has 0 aliphatic rings. The summed E-state index contributed by atoms with van der Waals surface area (Å²) in [6.45, 7) is 1.42. The third-order valence-electron chi connectivity index (χ3n) is 2.89. The number of carbonyl (C=O) groups is 1. The number of fused-ring (bicyclic) bond motifs is 1. The number of nitrogens with zero attached hydrogens (tertiary/aromatic N) is 2. The lowest BCUT2D eigenvalue weighted by molar-refractivity contribution is -0.143. The molecule has 1 N–H and O–H groups in total. The van der Waals surface area contributed by atoms with Crippen molar-refractivity contribution in [1.29, 1.82) is 5.26 Å². The molecule has 0 saturated carbocycles. The molecule has 0 unspecified atom stereocenters. The first-order valence-electron chi connectivity index (χ1n) is 6.20. The third-order valence-corrected chi connectivity index (χ3v) is 2.89. The average Bonchev–Trinajstić information content (AvgIpc) is 2.49. The molecule has 0 amide bonds. The summed E-state index contributed by atoms with van der Waals surface area (Å²) in [4.78, 5) is 41.2. The number of carbonyl (C=O) groups excluding carboxylic acids is 1. The predicted octanol–water partition coefficient (Wildman–Crippen LogP) is 0.945. The van der Waals surface area contributed by atoms with Gasteiger partial charge in [-0.3, -0.25) is 9.59 Å². The number of benzene rings is 1. The third kappa shape index (κ3) is 2.94. The van der Waals surface area contributed by atoms with Crippen molar-refractivity contribution in [3.63, 3.8) is 0 Å². The molecule has 7 nitrogen and oxygen atoms in total. The minimum absolute atomic E-state index is 0.132. The van der Waals surface area contributed by atoms with Gasteiger partial charge >= 0.3 is 23.3 Å². The molecule has 0 saturated heterocycles. The summed E-state index contributed by atoms with van der Waals surface area (Å²) in [7, 11) is 0. The monoisotopic (exact) mass is 327 g/mol. The van der Waals surface area contributed by atoms with Crippen molar-refractivity contribution in [3.8, 4) is 6.07 Å². The van der Waals surface area contributed by atoms with E-state index in [1.54, 1.807) is 0 Å². The Morgan fingerprint density at radius 2 is 2.04 bits per heavy atom. The van der Waals surface area contributed by atoms with Crippen molar-refractivity contribution in [2.75, 3.05) is 0 Å². The molecule has 0 spiro atoms. The molecular formula is C13H8F3N3O4. The van der Waals surface area contributed by atoms with E-state index in [4.69, 9.17) is 5.26 Å². The number of aromatic nitrogens is 2. The van der Waals surface area contributed by atoms with Gasteiger partial charge in [-0.25, -0.2) is 4.79 Å². The predicted molar refractivity (Wildman–Crippen MR) is 70.4 cm³/mol. The molecule has 1 heterocycles. The van der Waals surface area contributed by atoms with E-state index in [9.17, 15) is 27.6 Å². The summed E-state index contributed by atoms with van der Waals surface area (Å²) in [6, 6.07) is 2.58. The van der Waals surface area contributed by atoms with Gasteiger partial charge in [0.05, 0.1) is 22.7 Å². The zero-order valence-electron chi connectivity index (χ0n) is 11.5. The normalized spacial score (nSPS) is 11.3. The lowest BCUT2D eigenvalue weighted by Crippen LogP contribution is -2.41. The minimum atomic E-state index is -4.84. The maximum atomic E-state index is 12.9. The smallest absolute Gasteiger partial charge is 0.333 e. The number of nitriles is 1. The van der Waals surface area contributed by atoms with Gasteiger partial charge in [-0.1, -0.05) is 6.92 Å². The van der Waals surface area contributed by atoms with Gasteiger partial charge in [0, 0.05) is 6.42 Å². The summed E-state index contributed by atoms with van der Waals surface area (Å²) in [5.41, 5.74) is -5.35. The van der Waals surface area contributed by atoms with Gasteiger partial charge in [0.1, 0.15) is 5.52 Å². The second-order valence-electron chi connectivity index (χ2n) is 4.40. The summed E-state index contributed by atoms with van der Waals surface area (Å²) < 4.78 is 39.0. The van der Waals surface area contributed by atoms with Crippen LogP contribution in [0.25, 0.3) is 11.0 Å². The van der Waals surface area contributed by atoms with E-state index >= 15 is 0 Å². The highest BCUT2D eigenvalue weighted by Gasteiger charge is 2.34. The Hall–Kier alpha value is -3.09. The van der Waals surface area contributed by atoms with Crippen molar-refractivity contribution in [2.24, 2.45) is 0 Å². The standard InChI is InChI=1S/C13H8F3N3O4/c1-2-10(20)23-19-9-3-6(5-17)7(13(14,15)16)4-8(9)18-11(21)12(19)22/h3-4H,2H2,1H3,(H,18,21). The molecule has 0 aliphatic carbocycles. The zero-order chi connectivity index (χ0) is 17.4. The van der Waals surface area contributed by atoms with Crippen LogP contribution < -0.4 is 16.0 Å². The molecular weight excluding hydrogens is 319 g/mol. The topological polar surface area (TPSA) is 105 Å². The number of H-pyrrole nitrogens is 1. The van der Waals surface area contributed by atoms with Crippen molar-refractivity contribution in [1.82, 2.24) is 9.71 Å². The molecule has 2 rings (SSSR count). The van der Waals surface area contributed by atoms with Crippen LogP contribution in [0.5, 0.6) is 0 Å². The quantitative estimate of drug-likeness (QED) is 0.827. The highest BCUT2D eigenvalue weighted by atomic mass is 19.4. The van der Waals surface area contributed by atoms with Crippen LogP contribution in [-0.4, -0.2) is 15.7 Å². The molecule has 0 fully saturated rings. The molecule has 10 heteroatoms. The van der Waals surface area contributed by atoms with E-state index in [0.29, 0.717) is 6.07 Å². The number of nitrogens with one attached hydrogen (secondary N) is 1. The maximum Gasteiger partial charge on any atom is 0.417 e. The molecule has 0 atom stereocenters. The first kappa shape index (κ1) is 16.3. The van der Waals surface area contributed by atoms with E-state index in [-0.39, 0.29) is 16.7 Å². The van der Waals surface area contributed by atoms with Gasteiger partial charge in [0.25, 0.3) is 0 Å². The summed E-state index contributed by atoms with van der Waals surface area (Å²) in [6.07, 6.45) is -4.97. The molecule has 2 aromatic rings. The highest BCUT2D eigenvalue weighted by Crippen LogP contribution is 2.33. The molecule has 0 aliphatic heterocycles. The fraction of sp³-hybridized carbons (Fsp3) is 0.231. The number of hydrogen-bond acceptors (Lipinski definition) is 5. The Morgan fingerprint density at radius 1 is 1.39 bits per heavy atom. The van der Waals surface area contributed by atoms with Gasteiger partial charge in [-0.05, 0) is 12.1 Å². The van der Waals surface area contributed by atoms with E-state index in [0.717, 1.165) is 6.07 Å². The molecule has 23 heavy (non-hydrogen) atoms. The van der Waals surface area contributed by atoms with Crippen molar-refractivity contribution in [3.05, 3.63) is 44.0 Å². The van der Waals surface area contributed by atoms with Gasteiger partial charge < -0.3 is 9.82 Å². The molecule has 0 radical (unpaired) electrons. The van der Waals surface area contributed by atoms with Gasteiger partial charge in [-0.2, -0.15) is 18.4 Å². The van der Waals surface area contributed by atoms with Gasteiger partial charge in [0.15, 0.2) is 0 Å². The number of alkyl halides is 3. The van der Waals surface area contributed by atoms with E-state index in [1.807, 2.05) is 4.98 Å². The Morgan fingerprint density at radius 3 is 2.57 bits per heavy atom. The Kier molecular flexibility index (Phi) is 3.97. The van der Waals surface area contributed by atoms with Crippen molar-refractivity contribution < 1.29 is 22.8 Å². The Balaban J connectivity index is 2.90. The van der Waals surface area contributed by atoms with Gasteiger partial charge in [-0.15, -0.1) is 4.73 Å². The molecule has 1 aromatic carbocycles. The molecule has 1 aromatic heterocycles. The van der Waals surface area contributed by atoms with Crippen molar-refractivity contribution >= 4 is 17.0 Å². The largest absolute Gasteiger partial charge is 0.417 e. The Labute approximate surface area is 125 Å². The zero-order valence-corrected chi connectivity index (χ0v) is 11.5. The minimum Gasteiger partial charge on any atom is -0.333 e. The first-order chi connectivity index (χ1) is 10.7. The lowest BCUT2D eigenvalue weighted by atomic mass is 10.1. The van der Waals surface area contributed by atoms with Crippen LogP contribution in [0.3, 0.4) is 0 Å². The van der Waals surface area contributed by atoms with Crippen LogP contribution in [0.4, 0.5) is 13.2 Å². The average molecular weight is 327 g/mol. The second kappa shape index (κ2) is 5.60. The summed E-state index contributed by atoms with van der Waals surface area (Å²) in [5, 5.41) is 8.87. The maximum absolute atomic E-state index is 12.9. The van der Waals surface area contributed by atoms with Gasteiger partial charge in [0.2, 0.25) is 0 Å². The van der Waals surface area contributed by atoms with Crippen molar-refractivity contribution in [2.45, 2.75) is 19.5 Å². The summed E-state index contributed by atoms with van der Waals surface area (Å²) >= 11 is 0. The molecule has 120 valence electrons. The SMILES string of the molecule is CCC(=O)On1c(=O)c(=O)[nH]c2cc(C(F)(F)F)c(C#N)cc21. The van der Waals surface area contributed by atoms with E-state index in [2.05, 4.69) is 4.84 Å². The number of rotatable bonds is 2. The van der Waals surface area contributed by atoms with E-state index in [1.165, 1.54) is 13.0 Å². The first-order valence-corrected chi connectivity index (χ1v) is 6.20. The number of hydrogen-bond donors (Lipinski definition) is 1. The fourth-order valence-corrected chi connectivity index (χ4v) is 1.82. The van der Waals surface area contributed by atoms with Crippen LogP contribution >= 0.6 is 0 Å². The lowest BCUT2D eigenvalue weighted by Gasteiger charge is -2.12. The Bertz CT molecular complexity index is 950. The van der Waals surface area contributed by atoms with Crippen LogP contribution in [0.1, 0.15) is 24.5 Å². The fourth-order valence-electron chi connectivity index (χ4n) is 1.82.